The molecule has 2 aromatic rings. The summed E-state index contributed by atoms with van der Waals surface area (Å²) < 4.78 is 6.10. The van der Waals surface area contributed by atoms with Gasteiger partial charge in [0.25, 0.3) is 0 Å². The number of amides is 2. The Labute approximate surface area is 170 Å². The summed E-state index contributed by atoms with van der Waals surface area (Å²) in [5, 5.41) is 2.76. The van der Waals surface area contributed by atoms with Crippen LogP contribution >= 0.6 is 0 Å². The van der Waals surface area contributed by atoms with Crippen molar-refractivity contribution in [2.75, 3.05) is 12.4 Å². The molecule has 1 aromatic carbocycles. The fourth-order valence-corrected chi connectivity index (χ4v) is 3.80. The molecule has 2 aliphatic heterocycles. The van der Waals surface area contributed by atoms with E-state index in [0.717, 1.165) is 28.9 Å². The Bertz CT molecular complexity index is 1010. The summed E-state index contributed by atoms with van der Waals surface area (Å²) in [6, 6.07) is 8.08. The van der Waals surface area contributed by atoms with Crippen LogP contribution in [0, 0.1) is 0 Å². The maximum atomic E-state index is 12.6. The van der Waals surface area contributed by atoms with Crippen molar-refractivity contribution in [3.05, 3.63) is 58.8 Å². The summed E-state index contributed by atoms with van der Waals surface area (Å²) in [6.07, 6.45) is 6.98. The predicted molar refractivity (Wildman–Crippen MR) is 112 cm³/mol. The number of anilines is 1. The first-order chi connectivity index (χ1) is 13.8. The van der Waals surface area contributed by atoms with Gasteiger partial charge in [-0.1, -0.05) is 18.2 Å². The third-order valence-corrected chi connectivity index (χ3v) is 5.24. The van der Waals surface area contributed by atoms with Gasteiger partial charge in [0.2, 0.25) is 11.8 Å². The van der Waals surface area contributed by atoms with Crippen molar-refractivity contribution in [2.24, 2.45) is 0 Å². The number of para-hydroxylation sites is 1. The third-order valence-electron chi connectivity index (χ3n) is 5.24. The van der Waals surface area contributed by atoms with E-state index in [1.54, 1.807) is 30.3 Å². The summed E-state index contributed by atoms with van der Waals surface area (Å²) in [5.41, 5.74) is 3.83. The van der Waals surface area contributed by atoms with Crippen LogP contribution in [0.1, 0.15) is 42.5 Å². The van der Waals surface area contributed by atoms with E-state index in [4.69, 9.17) is 4.74 Å². The van der Waals surface area contributed by atoms with Gasteiger partial charge in [0, 0.05) is 44.3 Å². The number of aryl methyl sites for hydroxylation is 1. The molecule has 6 nitrogen and oxygen atoms in total. The van der Waals surface area contributed by atoms with Crippen LogP contribution in [0.2, 0.25) is 0 Å². The van der Waals surface area contributed by atoms with Crippen molar-refractivity contribution in [2.45, 2.75) is 45.3 Å². The van der Waals surface area contributed by atoms with Crippen molar-refractivity contribution < 1.29 is 14.3 Å². The molecule has 0 unspecified atom stereocenters. The van der Waals surface area contributed by atoms with Crippen LogP contribution in [0.4, 0.5) is 5.82 Å². The quantitative estimate of drug-likeness (QED) is 0.812. The standard InChI is InChI=1S/C23H25N3O3/c1-23(2)12-17-5-4-6-18(21(17)29-23)14-26(3)20(28)10-7-15-11-16-8-9-19(27)25-22(16)24-13-15/h4-7,10-11,13H,8-9,12,14H2,1-3H3,(H,24,25,27)/b10-7+. The predicted octanol–water partition coefficient (Wildman–Crippen LogP) is 3.35. The van der Waals surface area contributed by atoms with Crippen LogP contribution in [0.15, 0.2) is 36.5 Å². The summed E-state index contributed by atoms with van der Waals surface area (Å²) >= 11 is 0. The highest BCUT2D eigenvalue weighted by atomic mass is 16.5. The molecule has 0 radical (unpaired) electrons. The molecule has 29 heavy (non-hydrogen) atoms. The van der Waals surface area contributed by atoms with E-state index in [1.807, 2.05) is 18.2 Å². The first kappa shape index (κ1) is 19.2. The van der Waals surface area contributed by atoms with Crippen molar-refractivity contribution in [3.63, 3.8) is 0 Å². The van der Waals surface area contributed by atoms with Gasteiger partial charge in [0.15, 0.2) is 0 Å². The lowest BCUT2D eigenvalue weighted by Crippen LogP contribution is -2.26. The normalized spacial score (nSPS) is 16.7. The van der Waals surface area contributed by atoms with Gasteiger partial charge < -0.3 is 15.0 Å². The van der Waals surface area contributed by atoms with E-state index in [9.17, 15) is 9.59 Å². The van der Waals surface area contributed by atoms with Crippen LogP contribution in [-0.2, 0) is 29.0 Å². The zero-order valence-electron chi connectivity index (χ0n) is 17.0. The van der Waals surface area contributed by atoms with Gasteiger partial charge in [-0.05, 0) is 49.1 Å². The smallest absolute Gasteiger partial charge is 0.246 e. The second-order valence-corrected chi connectivity index (χ2v) is 8.30. The molecule has 4 rings (SSSR count). The van der Waals surface area contributed by atoms with Gasteiger partial charge in [-0.15, -0.1) is 0 Å². The molecule has 0 saturated carbocycles. The highest BCUT2D eigenvalue weighted by Gasteiger charge is 2.31. The minimum Gasteiger partial charge on any atom is -0.487 e. The van der Waals surface area contributed by atoms with Crippen molar-refractivity contribution >= 4 is 23.7 Å². The SMILES string of the molecule is CN(Cc1cccc2c1OC(C)(C)C2)C(=O)/C=C/c1cnc2c(c1)CCC(=O)N2. The number of carbonyl (C=O) groups excluding carboxylic acids is 2. The minimum absolute atomic E-state index is 0.00939. The van der Waals surface area contributed by atoms with E-state index in [1.165, 1.54) is 5.56 Å². The first-order valence-corrected chi connectivity index (χ1v) is 9.82. The number of nitrogens with zero attached hydrogens (tertiary/aromatic N) is 2. The number of hydrogen-bond acceptors (Lipinski definition) is 4. The second kappa shape index (κ2) is 7.35. The molecule has 0 aliphatic carbocycles. The number of pyridine rings is 1. The molecule has 1 aromatic heterocycles. The lowest BCUT2D eigenvalue weighted by Gasteiger charge is -2.20. The van der Waals surface area contributed by atoms with Crippen LogP contribution < -0.4 is 10.1 Å². The fraction of sp³-hybridized carbons (Fsp3) is 0.348. The summed E-state index contributed by atoms with van der Waals surface area (Å²) in [5.74, 6) is 1.42. The van der Waals surface area contributed by atoms with Gasteiger partial charge in [0.1, 0.15) is 17.2 Å². The molecule has 0 fully saturated rings. The number of ether oxygens (including phenoxy) is 1. The average Bonchev–Trinajstić information content (AvgIpc) is 3.01. The van der Waals surface area contributed by atoms with Crippen LogP contribution in [0.3, 0.4) is 0 Å². The molecule has 0 atom stereocenters. The molecule has 0 spiro atoms. The number of carbonyl (C=O) groups is 2. The fourth-order valence-electron chi connectivity index (χ4n) is 3.80. The number of likely N-dealkylation sites (N-methyl/N-ethyl adjacent to an activating group) is 1. The number of rotatable bonds is 4. The van der Waals surface area contributed by atoms with E-state index >= 15 is 0 Å². The van der Waals surface area contributed by atoms with Gasteiger partial charge >= 0.3 is 0 Å². The van der Waals surface area contributed by atoms with Gasteiger partial charge in [-0.2, -0.15) is 0 Å². The van der Waals surface area contributed by atoms with E-state index in [0.29, 0.717) is 25.2 Å². The molecule has 3 heterocycles. The Morgan fingerprint density at radius 2 is 2.14 bits per heavy atom. The Morgan fingerprint density at radius 3 is 2.97 bits per heavy atom. The Kier molecular flexibility index (Phi) is 4.86. The topological polar surface area (TPSA) is 71.5 Å². The van der Waals surface area contributed by atoms with Crippen LogP contribution in [0.25, 0.3) is 6.08 Å². The molecule has 2 aliphatic rings. The largest absolute Gasteiger partial charge is 0.487 e. The van der Waals surface area contributed by atoms with Gasteiger partial charge in [-0.25, -0.2) is 4.98 Å². The average molecular weight is 391 g/mol. The minimum atomic E-state index is -0.208. The molecular weight excluding hydrogens is 366 g/mol. The number of aromatic nitrogens is 1. The third kappa shape index (κ3) is 4.16. The highest BCUT2D eigenvalue weighted by molar-refractivity contribution is 5.93. The summed E-state index contributed by atoms with van der Waals surface area (Å²) in [4.78, 5) is 30.0. The van der Waals surface area contributed by atoms with Crippen molar-refractivity contribution in [1.29, 1.82) is 0 Å². The van der Waals surface area contributed by atoms with Gasteiger partial charge in [-0.3, -0.25) is 9.59 Å². The molecule has 2 amide bonds. The number of hydrogen-bond donors (Lipinski definition) is 1. The lowest BCUT2D eigenvalue weighted by molar-refractivity contribution is -0.125. The van der Waals surface area contributed by atoms with Crippen molar-refractivity contribution in [1.82, 2.24) is 9.88 Å². The molecule has 150 valence electrons. The second-order valence-electron chi connectivity index (χ2n) is 8.30. The molecule has 0 bridgehead atoms. The van der Waals surface area contributed by atoms with Crippen molar-refractivity contribution in [3.8, 4) is 5.75 Å². The monoisotopic (exact) mass is 391 g/mol. The summed E-state index contributed by atoms with van der Waals surface area (Å²) in [7, 11) is 1.78. The molecular formula is C23H25N3O3. The zero-order valence-corrected chi connectivity index (χ0v) is 17.0. The Balaban J connectivity index is 1.43. The van der Waals surface area contributed by atoms with Crippen LogP contribution in [0.5, 0.6) is 5.75 Å². The zero-order chi connectivity index (χ0) is 20.6. The maximum absolute atomic E-state index is 12.6. The number of nitrogens with one attached hydrogen (secondary N) is 1. The lowest BCUT2D eigenvalue weighted by atomic mass is 10.0. The Hall–Kier alpha value is -3.15. The highest BCUT2D eigenvalue weighted by Crippen LogP contribution is 2.37. The number of fused-ring (bicyclic) bond motifs is 2. The summed E-state index contributed by atoms with van der Waals surface area (Å²) in [6.45, 7) is 4.63. The number of benzene rings is 1. The Morgan fingerprint density at radius 1 is 1.31 bits per heavy atom. The molecule has 0 saturated heterocycles. The van der Waals surface area contributed by atoms with Crippen LogP contribution in [-0.4, -0.2) is 34.3 Å². The first-order valence-electron chi connectivity index (χ1n) is 9.82. The van der Waals surface area contributed by atoms with Gasteiger partial charge in [0.05, 0.1) is 0 Å². The molecule has 6 heteroatoms. The molecule has 1 N–H and O–H groups in total. The van der Waals surface area contributed by atoms with E-state index in [-0.39, 0.29) is 17.4 Å². The van der Waals surface area contributed by atoms with E-state index in [2.05, 4.69) is 30.2 Å². The van der Waals surface area contributed by atoms with E-state index < -0.39 is 0 Å². The maximum Gasteiger partial charge on any atom is 0.246 e.